The monoisotopic (exact) mass is 384 g/mol. The molecule has 1 aromatic carbocycles. The highest BCUT2D eigenvalue weighted by atomic mass is 32.2. The summed E-state index contributed by atoms with van der Waals surface area (Å²) >= 11 is 1.66. The molecule has 0 radical (unpaired) electrons. The smallest absolute Gasteiger partial charge is 0.378 e. The second-order valence-electron chi connectivity index (χ2n) is 6.43. The number of benzene rings is 1. The maximum Gasteiger partial charge on any atom is 0.416 e. The van der Waals surface area contributed by atoms with Crippen LogP contribution < -0.4 is 5.32 Å². The van der Waals surface area contributed by atoms with Crippen LogP contribution in [0.5, 0.6) is 0 Å². The third-order valence-corrected chi connectivity index (χ3v) is 5.41. The molecular weight excluding hydrogens is 361 g/mol. The number of nitrogens with zero attached hydrogens (tertiary/aromatic N) is 3. The van der Waals surface area contributed by atoms with Crippen molar-refractivity contribution in [1.29, 1.82) is 0 Å². The topological polar surface area (TPSA) is 42.7 Å². The van der Waals surface area contributed by atoms with Crippen LogP contribution in [-0.4, -0.2) is 20.5 Å². The number of alkyl halides is 3. The number of hydrogen-bond donors (Lipinski definition) is 1. The number of aromatic nitrogens is 3. The maximum absolute atomic E-state index is 12.9. The molecule has 1 aliphatic rings. The van der Waals surface area contributed by atoms with Gasteiger partial charge < -0.3 is 9.88 Å². The van der Waals surface area contributed by atoms with Gasteiger partial charge in [0, 0.05) is 11.7 Å². The molecule has 3 rings (SSSR count). The molecule has 0 aliphatic heterocycles. The normalized spacial score (nSPS) is 16.0. The molecule has 1 fully saturated rings. The highest BCUT2D eigenvalue weighted by Crippen LogP contribution is 2.33. The molecule has 0 amide bonds. The van der Waals surface area contributed by atoms with Gasteiger partial charge >= 0.3 is 6.18 Å². The molecule has 0 saturated heterocycles. The summed E-state index contributed by atoms with van der Waals surface area (Å²) < 4.78 is 40.8. The number of thioether (sulfide) groups is 1. The van der Waals surface area contributed by atoms with Crippen LogP contribution in [-0.2, 0) is 12.7 Å². The first-order valence-electron chi connectivity index (χ1n) is 8.96. The summed E-state index contributed by atoms with van der Waals surface area (Å²) in [4.78, 5) is 0. The van der Waals surface area contributed by atoms with E-state index < -0.39 is 11.7 Å². The fourth-order valence-corrected chi connectivity index (χ4v) is 4.10. The van der Waals surface area contributed by atoms with E-state index in [0.717, 1.165) is 41.7 Å². The average Bonchev–Trinajstić information content (AvgIpc) is 3.03. The number of rotatable bonds is 6. The third kappa shape index (κ3) is 4.52. The van der Waals surface area contributed by atoms with Gasteiger partial charge in [-0.2, -0.15) is 13.2 Å². The fraction of sp³-hybridized carbons (Fsp3) is 0.556. The fourth-order valence-electron chi connectivity index (χ4n) is 3.35. The summed E-state index contributed by atoms with van der Waals surface area (Å²) in [6.07, 6.45) is 1.51. The first-order chi connectivity index (χ1) is 12.5. The van der Waals surface area contributed by atoms with Crippen molar-refractivity contribution in [1.82, 2.24) is 14.8 Å². The van der Waals surface area contributed by atoms with Gasteiger partial charge in [0.15, 0.2) is 11.0 Å². The lowest BCUT2D eigenvalue weighted by Gasteiger charge is -2.25. The molecule has 0 spiro atoms. The Morgan fingerprint density at radius 1 is 1.19 bits per heavy atom. The predicted octanol–water partition coefficient (Wildman–Crippen LogP) is 5.53. The van der Waals surface area contributed by atoms with Gasteiger partial charge in [-0.25, -0.2) is 0 Å². The second kappa shape index (κ2) is 8.33. The van der Waals surface area contributed by atoms with E-state index in [1.54, 1.807) is 17.8 Å². The Labute approximate surface area is 155 Å². The van der Waals surface area contributed by atoms with Crippen molar-refractivity contribution in [3.63, 3.8) is 0 Å². The predicted molar refractivity (Wildman–Crippen MR) is 97.3 cm³/mol. The molecule has 4 nitrogen and oxygen atoms in total. The van der Waals surface area contributed by atoms with E-state index in [2.05, 4.69) is 27.0 Å². The van der Waals surface area contributed by atoms with Crippen molar-refractivity contribution in [2.24, 2.45) is 0 Å². The number of nitrogens with one attached hydrogen (secondary N) is 1. The molecular formula is C18H23F3N4S. The van der Waals surface area contributed by atoms with Gasteiger partial charge in [0.2, 0.25) is 0 Å². The Kier molecular flexibility index (Phi) is 6.11. The van der Waals surface area contributed by atoms with Crippen molar-refractivity contribution in [2.75, 3.05) is 11.1 Å². The van der Waals surface area contributed by atoms with Gasteiger partial charge in [0.25, 0.3) is 0 Å². The van der Waals surface area contributed by atoms with Crippen molar-refractivity contribution < 1.29 is 13.2 Å². The van der Waals surface area contributed by atoms with E-state index in [9.17, 15) is 13.2 Å². The number of hydrogen-bond acceptors (Lipinski definition) is 4. The van der Waals surface area contributed by atoms with Gasteiger partial charge in [-0.3, -0.25) is 0 Å². The minimum absolute atomic E-state index is 0.356. The van der Waals surface area contributed by atoms with E-state index >= 15 is 0 Å². The summed E-state index contributed by atoms with van der Waals surface area (Å²) in [5, 5.41) is 12.6. The van der Waals surface area contributed by atoms with Crippen LogP contribution >= 0.6 is 11.8 Å². The van der Waals surface area contributed by atoms with Crippen LogP contribution in [0, 0.1) is 0 Å². The molecule has 1 heterocycles. The Hall–Kier alpha value is -1.70. The van der Waals surface area contributed by atoms with Crippen LogP contribution in [0.25, 0.3) is 0 Å². The summed E-state index contributed by atoms with van der Waals surface area (Å²) in [6.45, 7) is 2.43. The summed E-state index contributed by atoms with van der Waals surface area (Å²) in [5.74, 6) is 1.69. The van der Waals surface area contributed by atoms with Gasteiger partial charge in [-0.15, -0.1) is 10.2 Å². The third-order valence-electron chi connectivity index (χ3n) is 4.59. The van der Waals surface area contributed by atoms with E-state index in [4.69, 9.17) is 0 Å². The van der Waals surface area contributed by atoms with Crippen molar-refractivity contribution in [3.8, 4) is 0 Å². The molecule has 8 heteroatoms. The zero-order valence-electron chi connectivity index (χ0n) is 14.7. The molecule has 1 aromatic heterocycles. The average molecular weight is 384 g/mol. The van der Waals surface area contributed by atoms with Gasteiger partial charge in [0.1, 0.15) is 0 Å². The highest BCUT2D eigenvalue weighted by molar-refractivity contribution is 7.99. The highest BCUT2D eigenvalue weighted by Gasteiger charge is 2.30. The van der Waals surface area contributed by atoms with Crippen molar-refractivity contribution >= 4 is 17.4 Å². The quantitative estimate of drug-likeness (QED) is 0.666. The SMILES string of the molecule is CCSc1nnc(CNc2cccc(C(F)(F)F)c2)n1C1CCCCC1. The van der Waals surface area contributed by atoms with Gasteiger partial charge in [-0.1, -0.05) is 44.0 Å². The Balaban J connectivity index is 1.77. The largest absolute Gasteiger partial charge is 0.416 e. The van der Waals surface area contributed by atoms with E-state index in [-0.39, 0.29) is 0 Å². The molecule has 1 saturated carbocycles. The molecule has 1 aliphatic carbocycles. The van der Waals surface area contributed by atoms with Crippen LogP contribution in [0.2, 0.25) is 0 Å². The lowest BCUT2D eigenvalue weighted by Crippen LogP contribution is -2.18. The summed E-state index contributed by atoms with van der Waals surface area (Å²) in [5.41, 5.74) is -0.221. The number of halogens is 3. The lowest BCUT2D eigenvalue weighted by molar-refractivity contribution is -0.137. The zero-order chi connectivity index (χ0) is 18.6. The minimum atomic E-state index is -4.34. The standard InChI is InChI=1S/C18H23F3N4S/c1-2-26-17-24-23-16(25(17)15-9-4-3-5-10-15)12-22-14-8-6-7-13(11-14)18(19,20)21/h6-8,11,15,22H,2-5,9-10,12H2,1H3. The first-order valence-corrected chi connectivity index (χ1v) is 9.95. The Morgan fingerprint density at radius 3 is 2.65 bits per heavy atom. The van der Waals surface area contributed by atoms with Crippen molar-refractivity contribution in [3.05, 3.63) is 35.7 Å². The molecule has 0 atom stereocenters. The minimum Gasteiger partial charge on any atom is -0.378 e. The van der Waals surface area contributed by atoms with E-state index in [1.807, 2.05) is 0 Å². The van der Waals surface area contributed by atoms with Crippen LogP contribution in [0.4, 0.5) is 18.9 Å². The second-order valence-corrected chi connectivity index (χ2v) is 7.66. The van der Waals surface area contributed by atoms with Crippen molar-refractivity contribution in [2.45, 2.75) is 62.9 Å². The summed E-state index contributed by atoms with van der Waals surface area (Å²) in [6, 6.07) is 5.63. The van der Waals surface area contributed by atoms with E-state index in [1.165, 1.54) is 25.3 Å². The maximum atomic E-state index is 12.9. The molecule has 0 bridgehead atoms. The first kappa shape index (κ1) is 19.1. The summed E-state index contributed by atoms with van der Waals surface area (Å²) in [7, 11) is 0. The Bertz CT molecular complexity index is 723. The van der Waals surface area contributed by atoms with Crippen LogP contribution in [0.1, 0.15) is 56.5 Å². The molecule has 2 aromatic rings. The van der Waals surface area contributed by atoms with Crippen LogP contribution in [0.15, 0.2) is 29.4 Å². The molecule has 0 unspecified atom stereocenters. The molecule has 142 valence electrons. The molecule has 26 heavy (non-hydrogen) atoms. The number of anilines is 1. The lowest BCUT2D eigenvalue weighted by atomic mass is 9.95. The van der Waals surface area contributed by atoms with Gasteiger partial charge in [-0.05, 0) is 36.8 Å². The molecule has 1 N–H and O–H groups in total. The van der Waals surface area contributed by atoms with E-state index in [0.29, 0.717) is 18.3 Å². The van der Waals surface area contributed by atoms with Gasteiger partial charge in [0.05, 0.1) is 12.1 Å². The Morgan fingerprint density at radius 2 is 1.96 bits per heavy atom. The zero-order valence-corrected chi connectivity index (χ0v) is 15.5. The van der Waals surface area contributed by atoms with Crippen LogP contribution in [0.3, 0.4) is 0 Å².